The third kappa shape index (κ3) is 11.4. The lowest BCUT2D eigenvalue weighted by molar-refractivity contribution is -0.134. The topological polar surface area (TPSA) is 61.8 Å². The van der Waals surface area contributed by atoms with E-state index in [1.807, 2.05) is 31.2 Å². The van der Waals surface area contributed by atoms with Gasteiger partial charge in [-0.15, -0.1) is 0 Å². The number of benzene rings is 2. The van der Waals surface area contributed by atoms with Gasteiger partial charge < -0.3 is 14.2 Å². The Bertz CT molecular complexity index is 853. The number of carbonyl (C=O) groups excluding carboxylic acids is 2. The first-order valence-electron chi connectivity index (χ1n) is 12.0. The van der Waals surface area contributed by atoms with E-state index in [0.29, 0.717) is 17.9 Å². The van der Waals surface area contributed by atoms with Crippen LogP contribution in [0, 0.1) is 0 Å². The smallest absolute Gasteiger partial charge is 0.336 e. The molecule has 0 heterocycles. The summed E-state index contributed by atoms with van der Waals surface area (Å²) in [6, 6.07) is 14.0. The second-order valence-electron chi connectivity index (χ2n) is 7.99. The number of esters is 2. The molecule has 0 atom stereocenters. The largest absolute Gasteiger partial charge is 0.494 e. The van der Waals surface area contributed by atoms with Crippen molar-refractivity contribution < 1.29 is 23.8 Å². The quantitative estimate of drug-likeness (QED) is 0.124. The van der Waals surface area contributed by atoms with Crippen molar-refractivity contribution in [3.8, 4) is 17.2 Å². The Balaban J connectivity index is 1.71. The predicted octanol–water partition coefficient (Wildman–Crippen LogP) is 7.14. The molecule has 0 radical (unpaired) electrons. The van der Waals surface area contributed by atoms with Crippen LogP contribution in [0.1, 0.15) is 77.2 Å². The number of hydrogen-bond acceptors (Lipinski definition) is 5. The highest BCUT2D eigenvalue weighted by molar-refractivity contribution is 5.88. The fraction of sp³-hybridized carbons (Fsp3) is 0.429. The van der Waals surface area contributed by atoms with Crippen molar-refractivity contribution in [2.75, 3.05) is 6.61 Å². The number of ether oxygens (including phenoxy) is 3. The predicted molar refractivity (Wildman–Crippen MR) is 132 cm³/mol. The van der Waals surface area contributed by atoms with Crippen molar-refractivity contribution in [3.05, 3.63) is 60.2 Å². The van der Waals surface area contributed by atoms with Crippen LogP contribution in [0.25, 0.3) is 6.08 Å². The Labute approximate surface area is 197 Å². The van der Waals surface area contributed by atoms with E-state index in [0.717, 1.165) is 37.2 Å². The van der Waals surface area contributed by atoms with Gasteiger partial charge in [-0.2, -0.15) is 0 Å². The Morgan fingerprint density at radius 3 is 1.94 bits per heavy atom. The van der Waals surface area contributed by atoms with Gasteiger partial charge in [-0.05, 0) is 60.9 Å². The molecule has 0 amide bonds. The molecule has 2 aromatic carbocycles. The monoisotopic (exact) mass is 452 g/mol. The van der Waals surface area contributed by atoms with Gasteiger partial charge >= 0.3 is 11.9 Å². The first-order valence-corrected chi connectivity index (χ1v) is 12.0. The van der Waals surface area contributed by atoms with Crippen LogP contribution >= 0.6 is 0 Å². The van der Waals surface area contributed by atoms with Gasteiger partial charge in [0.15, 0.2) is 0 Å². The van der Waals surface area contributed by atoms with Gasteiger partial charge in [0.05, 0.1) is 6.61 Å². The highest BCUT2D eigenvalue weighted by Crippen LogP contribution is 2.19. The zero-order chi connectivity index (χ0) is 23.7. The Hall–Kier alpha value is -3.08. The minimum atomic E-state index is -0.480. The van der Waals surface area contributed by atoms with Crippen LogP contribution in [-0.4, -0.2) is 18.5 Å². The summed E-state index contributed by atoms with van der Waals surface area (Å²) in [6.45, 7) is 4.97. The van der Waals surface area contributed by atoms with Crippen molar-refractivity contribution in [2.24, 2.45) is 0 Å². The van der Waals surface area contributed by atoms with E-state index in [2.05, 4.69) is 6.92 Å². The summed E-state index contributed by atoms with van der Waals surface area (Å²) in [6.07, 6.45) is 12.6. The molecule has 0 aromatic heterocycles. The molecule has 0 saturated carbocycles. The maximum Gasteiger partial charge on any atom is 0.336 e. The van der Waals surface area contributed by atoms with Crippen molar-refractivity contribution in [1.82, 2.24) is 0 Å². The first-order chi connectivity index (χ1) is 16.1. The van der Waals surface area contributed by atoms with Crippen LogP contribution in [0.2, 0.25) is 0 Å². The molecule has 0 bridgehead atoms. The van der Waals surface area contributed by atoms with Crippen molar-refractivity contribution in [2.45, 2.75) is 71.6 Å². The van der Waals surface area contributed by atoms with E-state index < -0.39 is 5.97 Å². The lowest BCUT2D eigenvalue weighted by atomic mass is 10.1. The average molecular weight is 453 g/mol. The summed E-state index contributed by atoms with van der Waals surface area (Å²) < 4.78 is 16.3. The average Bonchev–Trinajstić information content (AvgIpc) is 2.83. The summed E-state index contributed by atoms with van der Waals surface area (Å²) in [5.41, 5.74) is 0.883. The third-order valence-corrected chi connectivity index (χ3v) is 5.07. The van der Waals surface area contributed by atoms with Gasteiger partial charge in [-0.3, -0.25) is 4.79 Å². The summed E-state index contributed by atoms with van der Waals surface area (Å²) in [4.78, 5) is 23.7. The third-order valence-electron chi connectivity index (χ3n) is 5.07. The zero-order valence-electron chi connectivity index (χ0n) is 19.9. The van der Waals surface area contributed by atoms with Crippen LogP contribution in [0.5, 0.6) is 17.2 Å². The van der Waals surface area contributed by atoms with Gasteiger partial charge in [0.25, 0.3) is 0 Å². The molecule has 0 fully saturated rings. The lowest BCUT2D eigenvalue weighted by Gasteiger charge is -2.06. The zero-order valence-corrected chi connectivity index (χ0v) is 19.9. The van der Waals surface area contributed by atoms with E-state index in [4.69, 9.17) is 14.2 Å². The van der Waals surface area contributed by atoms with Crippen LogP contribution in [-0.2, 0) is 9.59 Å². The highest BCUT2D eigenvalue weighted by atomic mass is 16.5. The first kappa shape index (κ1) is 26.2. The van der Waals surface area contributed by atoms with Gasteiger partial charge in [-0.1, -0.05) is 64.5 Å². The molecule has 178 valence electrons. The summed E-state index contributed by atoms with van der Waals surface area (Å²) in [7, 11) is 0. The molecule has 0 aliphatic rings. The molecule has 5 nitrogen and oxygen atoms in total. The molecular weight excluding hydrogens is 416 g/mol. The van der Waals surface area contributed by atoms with Crippen molar-refractivity contribution >= 4 is 18.0 Å². The highest BCUT2D eigenvalue weighted by Gasteiger charge is 2.06. The van der Waals surface area contributed by atoms with Gasteiger partial charge in [-0.25, -0.2) is 4.79 Å². The summed E-state index contributed by atoms with van der Waals surface area (Å²) >= 11 is 0. The van der Waals surface area contributed by atoms with E-state index in [-0.39, 0.29) is 5.97 Å². The van der Waals surface area contributed by atoms with Crippen LogP contribution in [0.3, 0.4) is 0 Å². The van der Waals surface area contributed by atoms with E-state index in [9.17, 15) is 9.59 Å². The molecule has 2 rings (SSSR count). The normalized spacial score (nSPS) is 10.8. The fourth-order valence-electron chi connectivity index (χ4n) is 3.14. The van der Waals surface area contributed by atoms with Crippen molar-refractivity contribution in [1.29, 1.82) is 0 Å². The standard InChI is InChI=1S/C28H36O5/c1-3-5-7-8-9-10-22-31-24-15-12-23(13-16-24)14-21-28(30)33-26-19-17-25(18-20-26)32-27(29)11-6-4-2/h12-21H,3-11,22H2,1-2H3. The van der Waals surface area contributed by atoms with E-state index in [1.165, 1.54) is 38.2 Å². The second-order valence-corrected chi connectivity index (χ2v) is 7.99. The molecule has 5 heteroatoms. The van der Waals surface area contributed by atoms with E-state index >= 15 is 0 Å². The molecule has 0 aliphatic carbocycles. The number of rotatable bonds is 15. The Morgan fingerprint density at radius 2 is 1.27 bits per heavy atom. The summed E-state index contributed by atoms with van der Waals surface area (Å²) in [5.74, 6) is 0.912. The number of carbonyl (C=O) groups is 2. The Kier molecular flexibility index (Phi) is 12.4. The molecule has 0 saturated heterocycles. The number of hydrogen-bond donors (Lipinski definition) is 0. The second kappa shape index (κ2) is 15.7. The Morgan fingerprint density at radius 1 is 0.697 bits per heavy atom. The minimum absolute atomic E-state index is 0.261. The molecular formula is C28H36O5. The van der Waals surface area contributed by atoms with Crippen LogP contribution < -0.4 is 14.2 Å². The van der Waals surface area contributed by atoms with Gasteiger partial charge in [0, 0.05) is 12.5 Å². The van der Waals surface area contributed by atoms with Gasteiger partial charge in [0.2, 0.25) is 0 Å². The molecule has 0 N–H and O–H groups in total. The lowest BCUT2D eigenvalue weighted by Crippen LogP contribution is -2.07. The molecule has 0 spiro atoms. The molecule has 2 aromatic rings. The van der Waals surface area contributed by atoms with Crippen molar-refractivity contribution in [3.63, 3.8) is 0 Å². The van der Waals surface area contributed by atoms with E-state index in [1.54, 1.807) is 30.3 Å². The SMILES string of the molecule is CCCCCCCCOc1ccc(C=CC(=O)Oc2ccc(OC(=O)CCCC)cc2)cc1. The minimum Gasteiger partial charge on any atom is -0.494 e. The maximum absolute atomic E-state index is 12.1. The molecule has 0 unspecified atom stereocenters. The van der Waals surface area contributed by atoms with Crippen LogP contribution in [0.15, 0.2) is 54.6 Å². The van der Waals surface area contributed by atoms with Crippen LogP contribution in [0.4, 0.5) is 0 Å². The fourth-order valence-corrected chi connectivity index (χ4v) is 3.14. The summed E-state index contributed by atoms with van der Waals surface area (Å²) in [5, 5.41) is 0. The maximum atomic E-state index is 12.1. The molecule has 0 aliphatic heterocycles. The van der Waals surface area contributed by atoms with Gasteiger partial charge in [0.1, 0.15) is 17.2 Å². The number of unbranched alkanes of at least 4 members (excludes halogenated alkanes) is 6. The molecule has 33 heavy (non-hydrogen) atoms.